The van der Waals surface area contributed by atoms with Crippen LogP contribution in [0.3, 0.4) is 0 Å². The summed E-state index contributed by atoms with van der Waals surface area (Å²) in [4.78, 5) is 12.0. The Morgan fingerprint density at radius 3 is 2.19 bits per heavy atom. The summed E-state index contributed by atoms with van der Waals surface area (Å²) in [6, 6.07) is 12.5. The molecule has 0 radical (unpaired) electrons. The van der Waals surface area contributed by atoms with Gasteiger partial charge in [-0.15, -0.1) is 4.41 Å². The number of nitrogens with zero attached hydrogens (tertiary/aromatic N) is 1. The quantitative estimate of drug-likeness (QED) is 0.876. The van der Waals surface area contributed by atoms with Gasteiger partial charge in [-0.3, -0.25) is 10.2 Å². The molecule has 2 aromatic carbocycles. The molecule has 0 saturated heterocycles. The number of hydrazine groups is 1. The molecule has 5 nitrogen and oxygen atoms in total. The van der Waals surface area contributed by atoms with Crippen molar-refractivity contribution in [3.8, 4) is 0 Å². The predicted octanol–water partition coefficient (Wildman–Crippen LogP) is 1.79. The van der Waals surface area contributed by atoms with E-state index in [0.717, 1.165) is 16.5 Å². The zero-order valence-corrected chi connectivity index (χ0v) is 12.0. The Balaban J connectivity index is 2.16. The first-order valence-electron chi connectivity index (χ1n) is 6.02. The second-order valence-electron chi connectivity index (χ2n) is 4.23. The Bertz CT molecular complexity index is 731. The van der Waals surface area contributed by atoms with E-state index in [4.69, 9.17) is 0 Å². The minimum atomic E-state index is -3.82. The number of carbonyl (C=O) groups is 1. The van der Waals surface area contributed by atoms with Crippen molar-refractivity contribution in [3.05, 3.63) is 66.0 Å². The molecule has 2 rings (SSSR count). The third-order valence-electron chi connectivity index (χ3n) is 2.77. The molecule has 0 heterocycles. The molecule has 2 aromatic rings. The highest BCUT2D eigenvalue weighted by atomic mass is 32.2. The lowest BCUT2D eigenvalue weighted by Crippen LogP contribution is -2.43. The lowest BCUT2D eigenvalue weighted by Gasteiger charge is -2.18. The topological polar surface area (TPSA) is 66.5 Å². The highest BCUT2D eigenvalue weighted by molar-refractivity contribution is 7.89. The van der Waals surface area contributed by atoms with Crippen LogP contribution in [0, 0.1) is 5.82 Å². The third-order valence-corrected chi connectivity index (χ3v) is 4.45. The van der Waals surface area contributed by atoms with Gasteiger partial charge in [0.1, 0.15) is 5.82 Å². The van der Waals surface area contributed by atoms with Gasteiger partial charge in [0.2, 0.25) is 0 Å². The van der Waals surface area contributed by atoms with Crippen molar-refractivity contribution in [1.29, 1.82) is 0 Å². The summed E-state index contributed by atoms with van der Waals surface area (Å²) < 4.78 is 37.9. The standard InChI is InChI=1S/C14H13FN2O3S/c1-17(21(19,20)13-5-3-2-4-6-13)16-14(18)11-7-9-12(15)10-8-11/h2-10H,1H3,(H,16,18). The van der Waals surface area contributed by atoms with Gasteiger partial charge in [-0.05, 0) is 36.4 Å². The van der Waals surface area contributed by atoms with Gasteiger partial charge in [-0.1, -0.05) is 18.2 Å². The minimum absolute atomic E-state index is 0.0620. The second kappa shape index (κ2) is 6.02. The van der Waals surface area contributed by atoms with E-state index in [1.807, 2.05) is 0 Å². The Labute approximate surface area is 122 Å². The van der Waals surface area contributed by atoms with Crippen molar-refractivity contribution >= 4 is 15.9 Å². The maximum atomic E-state index is 12.8. The molecule has 0 saturated carbocycles. The van der Waals surface area contributed by atoms with Gasteiger partial charge in [0.25, 0.3) is 15.9 Å². The van der Waals surface area contributed by atoms with Crippen LogP contribution in [0.2, 0.25) is 0 Å². The molecule has 21 heavy (non-hydrogen) atoms. The molecule has 1 N–H and O–H groups in total. The third kappa shape index (κ3) is 3.45. The van der Waals surface area contributed by atoms with E-state index < -0.39 is 21.7 Å². The largest absolute Gasteiger partial charge is 0.271 e. The molecule has 0 aromatic heterocycles. The van der Waals surface area contributed by atoms with Crippen molar-refractivity contribution in [2.24, 2.45) is 0 Å². The number of carbonyl (C=O) groups excluding carboxylic acids is 1. The molecule has 0 aliphatic carbocycles. The number of sulfonamides is 1. The average molecular weight is 308 g/mol. The fraction of sp³-hybridized carbons (Fsp3) is 0.0714. The van der Waals surface area contributed by atoms with Gasteiger partial charge in [-0.25, -0.2) is 12.8 Å². The smallest absolute Gasteiger partial charge is 0.266 e. The Hall–Kier alpha value is -2.25. The van der Waals surface area contributed by atoms with Gasteiger partial charge >= 0.3 is 0 Å². The zero-order valence-electron chi connectivity index (χ0n) is 11.2. The summed E-state index contributed by atoms with van der Waals surface area (Å²) in [5.74, 6) is -1.12. The maximum Gasteiger partial charge on any atom is 0.266 e. The van der Waals surface area contributed by atoms with Crippen LogP contribution in [0.4, 0.5) is 4.39 Å². The van der Waals surface area contributed by atoms with Crippen LogP contribution >= 0.6 is 0 Å². The number of halogens is 1. The Kier molecular flexibility index (Phi) is 4.35. The fourth-order valence-electron chi connectivity index (χ4n) is 1.62. The highest BCUT2D eigenvalue weighted by Crippen LogP contribution is 2.12. The van der Waals surface area contributed by atoms with Crippen molar-refractivity contribution in [2.45, 2.75) is 4.90 Å². The summed E-state index contributed by atoms with van der Waals surface area (Å²) in [6.07, 6.45) is 0. The highest BCUT2D eigenvalue weighted by Gasteiger charge is 2.22. The van der Waals surface area contributed by atoms with E-state index in [-0.39, 0.29) is 10.5 Å². The van der Waals surface area contributed by atoms with Gasteiger partial charge in [0, 0.05) is 12.6 Å². The normalized spacial score (nSPS) is 11.4. The van der Waals surface area contributed by atoms with Crippen LogP contribution < -0.4 is 5.43 Å². The predicted molar refractivity (Wildman–Crippen MR) is 75.3 cm³/mol. The SMILES string of the molecule is CN(NC(=O)c1ccc(F)cc1)S(=O)(=O)c1ccccc1. The molecule has 0 aliphatic heterocycles. The van der Waals surface area contributed by atoms with E-state index >= 15 is 0 Å². The van der Waals surface area contributed by atoms with Crippen molar-refractivity contribution < 1.29 is 17.6 Å². The van der Waals surface area contributed by atoms with E-state index in [0.29, 0.717) is 0 Å². The van der Waals surface area contributed by atoms with Crippen molar-refractivity contribution in [3.63, 3.8) is 0 Å². The van der Waals surface area contributed by atoms with Crippen LogP contribution in [-0.4, -0.2) is 25.8 Å². The first kappa shape index (κ1) is 15.1. The number of rotatable bonds is 4. The zero-order chi connectivity index (χ0) is 15.5. The van der Waals surface area contributed by atoms with Crippen molar-refractivity contribution in [1.82, 2.24) is 9.84 Å². The van der Waals surface area contributed by atoms with Gasteiger partial charge in [0.15, 0.2) is 0 Å². The molecule has 110 valence electrons. The van der Waals surface area contributed by atoms with Gasteiger partial charge in [0.05, 0.1) is 4.90 Å². The molecule has 0 unspecified atom stereocenters. The first-order chi connectivity index (χ1) is 9.91. The van der Waals surface area contributed by atoms with E-state index in [1.54, 1.807) is 18.2 Å². The lowest BCUT2D eigenvalue weighted by molar-refractivity contribution is 0.0893. The van der Waals surface area contributed by atoms with Crippen molar-refractivity contribution in [2.75, 3.05) is 7.05 Å². The monoisotopic (exact) mass is 308 g/mol. The molecule has 1 amide bonds. The number of nitrogens with one attached hydrogen (secondary N) is 1. The molecular weight excluding hydrogens is 295 g/mol. The number of hydrogen-bond donors (Lipinski definition) is 1. The first-order valence-corrected chi connectivity index (χ1v) is 7.46. The summed E-state index contributed by atoms with van der Waals surface area (Å²) in [6.45, 7) is 0. The van der Waals surface area contributed by atoms with E-state index in [2.05, 4.69) is 5.43 Å². The molecule has 7 heteroatoms. The number of hydrogen-bond acceptors (Lipinski definition) is 3. The van der Waals surface area contributed by atoms with E-state index in [1.165, 1.54) is 31.3 Å². The summed E-state index contributed by atoms with van der Waals surface area (Å²) in [7, 11) is -2.60. The van der Waals surface area contributed by atoms with Crippen LogP contribution in [-0.2, 0) is 10.0 Å². The maximum absolute atomic E-state index is 12.8. The minimum Gasteiger partial charge on any atom is -0.271 e. The molecule has 0 fully saturated rings. The van der Waals surface area contributed by atoms with Crippen LogP contribution in [0.5, 0.6) is 0 Å². The van der Waals surface area contributed by atoms with Gasteiger partial charge in [-0.2, -0.15) is 0 Å². The van der Waals surface area contributed by atoms with Crippen LogP contribution in [0.15, 0.2) is 59.5 Å². The molecule has 0 bridgehead atoms. The van der Waals surface area contributed by atoms with E-state index in [9.17, 15) is 17.6 Å². The summed E-state index contributed by atoms with van der Waals surface area (Å²) in [5, 5.41) is 0. The fourth-order valence-corrected chi connectivity index (χ4v) is 2.64. The summed E-state index contributed by atoms with van der Waals surface area (Å²) in [5.41, 5.74) is 2.40. The van der Waals surface area contributed by atoms with Crippen LogP contribution in [0.25, 0.3) is 0 Å². The average Bonchev–Trinajstić information content (AvgIpc) is 2.48. The summed E-state index contributed by atoms with van der Waals surface area (Å²) >= 11 is 0. The Morgan fingerprint density at radius 2 is 1.62 bits per heavy atom. The number of benzene rings is 2. The second-order valence-corrected chi connectivity index (χ2v) is 6.20. The van der Waals surface area contributed by atoms with Gasteiger partial charge < -0.3 is 0 Å². The Morgan fingerprint density at radius 1 is 1.05 bits per heavy atom. The number of amides is 1. The lowest BCUT2D eigenvalue weighted by atomic mass is 10.2. The molecule has 0 atom stereocenters. The molecule has 0 aliphatic rings. The van der Waals surface area contributed by atoms with Crippen LogP contribution in [0.1, 0.15) is 10.4 Å². The molecule has 0 spiro atoms. The molecular formula is C14H13FN2O3S.